The number of aryl methyl sites for hydroxylation is 1. The van der Waals surface area contributed by atoms with Gasteiger partial charge in [-0.2, -0.15) is 0 Å². The minimum absolute atomic E-state index is 0.0182. The largest absolute Gasteiger partial charge is 0.497 e. The van der Waals surface area contributed by atoms with Crippen LogP contribution in [-0.4, -0.2) is 29.5 Å². The van der Waals surface area contributed by atoms with Crippen LogP contribution in [0.2, 0.25) is 0 Å². The summed E-state index contributed by atoms with van der Waals surface area (Å²) in [6.07, 6.45) is 1.26. The van der Waals surface area contributed by atoms with Gasteiger partial charge >= 0.3 is 5.69 Å². The quantitative estimate of drug-likeness (QED) is 0.315. The van der Waals surface area contributed by atoms with Crippen molar-refractivity contribution in [2.45, 2.75) is 24.9 Å². The fourth-order valence-corrected chi connectivity index (χ4v) is 3.97. The Morgan fingerprint density at radius 1 is 1.18 bits per heavy atom. The Morgan fingerprint density at radius 2 is 1.91 bits per heavy atom. The number of amides is 1. The number of benzene rings is 2. The van der Waals surface area contributed by atoms with Crippen molar-refractivity contribution in [2.24, 2.45) is 0 Å². The molecule has 1 aromatic heterocycles. The molecule has 1 atom stereocenters. The van der Waals surface area contributed by atoms with Crippen molar-refractivity contribution in [1.29, 1.82) is 0 Å². The van der Waals surface area contributed by atoms with E-state index in [0.717, 1.165) is 16.7 Å². The first kappa shape index (κ1) is 24.3. The maximum absolute atomic E-state index is 13.1. The molecule has 1 amide bonds. The fourth-order valence-electron chi connectivity index (χ4n) is 3.31. The van der Waals surface area contributed by atoms with Crippen LogP contribution in [0, 0.1) is 17.0 Å². The molecule has 0 radical (unpaired) electrons. The number of nitrogens with zero attached hydrogens (tertiary/aromatic N) is 2. The number of pyridine rings is 1. The third-order valence-electron chi connectivity index (χ3n) is 4.81. The molecule has 3 aromatic rings. The standard InChI is InChI=1S/C23H22ClN3O5S/c1-4-32-18-7-5-15(6-8-18)21(16-9-14(2)10-19(11-16)31-3)26-22(28)17-12-20(27(29)30)23(33-24)25-13-17/h5-13,21H,4H2,1-3H3,(H,26,28). The Balaban J connectivity index is 2.01. The summed E-state index contributed by atoms with van der Waals surface area (Å²) in [5, 5.41) is 14.3. The van der Waals surface area contributed by atoms with E-state index in [1.807, 2.05) is 56.3 Å². The average Bonchev–Trinajstić information content (AvgIpc) is 2.82. The third kappa shape index (κ3) is 5.94. The van der Waals surface area contributed by atoms with Gasteiger partial charge in [-0.3, -0.25) is 14.9 Å². The molecule has 33 heavy (non-hydrogen) atoms. The van der Waals surface area contributed by atoms with Gasteiger partial charge in [-0.1, -0.05) is 18.2 Å². The predicted octanol–water partition coefficient (Wildman–Crippen LogP) is 5.47. The van der Waals surface area contributed by atoms with Gasteiger partial charge in [0.05, 0.1) is 30.2 Å². The predicted molar refractivity (Wildman–Crippen MR) is 127 cm³/mol. The SMILES string of the molecule is CCOc1ccc(C(NC(=O)c2cnc(SCl)c([N+](=O)[O-])c2)c2cc(C)cc(OC)c2)cc1. The molecule has 0 aliphatic rings. The first-order chi connectivity index (χ1) is 15.9. The zero-order valence-electron chi connectivity index (χ0n) is 18.2. The van der Waals surface area contributed by atoms with E-state index in [1.54, 1.807) is 7.11 Å². The molecule has 3 rings (SSSR count). The Bertz CT molecular complexity index is 1160. The molecule has 2 aromatic carbocycles. The molecule has 1 unspecified atom stereocenters. The molecule has 172 valence electrons. The average molecular weight is 488 g/mol. The summed E-state index contributed by atoms with van der Waals surface area (Å²) < 4.78 is 10.9. The van der Waals surface area contributed by atoms with Crippen LogP contribution in [0.25, 0.3) is 0 Å². The van der Waals surface area contributed by atoms with E-state index >= 15 is 0 Å². The molecular weight excluding hydrogens is 466 g/mol. The number of carbonyl (C=O) groups excluding carboxylic acids is 1. The number of carbonyl (C=O) groups is 1. The van der Waals surface area contributed by atoms with Crippen LogP contribution < -0.4 is 14.8 Å². The van der Waals surface area contributed by atoms with Crippen molar-refractivity contribution in [2.75, 3.05) is 13.7 Å². The number of hydrogen-bond acceptors (Lipinski definition) is 7. The maximum atomic E-state index is 13.1. The summed E-state index contributed by atoms with van der Waals surface area (Å²) in [5.74, 6) is 0.842. The number of nitro groups is 1. The van der Waals surface area contributed by atoms with Gasteiger partial charge in [-0.05, 0) is 65.5 Å². The second-order valence-electron chi connectivity index (χ2n) is 7.07. The molecule has 0 spiro atoms. The first-order valence-electron chi connectivity index (χ1n) is 9.98. The van der Waals surface area contributed by atoms with Crippen LogP contribution in [0.15, 0.2) is 59.8 Å². The monoisotopic (exact) mass is 487 g/mol. The van der Waals surface area contributed by atoms with Gasteiger partial charge in [0.25, 0.3) is 5.91 Å². The highest BCUT2D eigenvalue weighted by atomic mass is 35.7. The molecule has 10 heteroatoms. The van der Waals surface area contributed by atoms with Gasteiger partial charge in [0.1, 0.15) is 11.5 Å². The van der Waals surface area contributed by atoms with Gasteiger partial charge in [0.15, 0.2) is 5.03 Å². The first-order valence-corrected chi connectivity index (χ1v) is 11.6. The summed E-state index contributed by atoms with van der Waals surface area (Å²) in [7, 11) is 7.86. The van der Waals surface area contributed by atoms with Crippen LogP contribution in [0.5, 0.6) is 11.5 Å². The molecular formula is C23H22ClN3O5S. The molecule has 0 saturated carbocycles. The molecule has 0 aliphatic carbocycles. The molecule has 0 fully saturated rings. The topological polar surface area (TPSA) is 104 Å². The van der Waals surface area contributed by atoms with Crippen molar-refractivity contribution in [3.8, 4) is 11.5 Å². The van der Waals surface area contributed by atoms with Crippen molar-refractivity contribution in [3.63, 3.8) is 0 Å². The second-order valence-corrected chi connectivity index (χ2v) is 8.08. The zero-order chi connectivity index (χ0) is 24.0. The summed E-state index contributed by atoms with van der Waals surface area (Å²) >= 11 is 0. The van der Waals surface area contributed by atoms with Gasteiger partial charge in [0.2, 0.25) is 0 Å². The molecule has 1 heterocycles. The fraction of sp³-hybridized carbons (Fsp3) is 0.217. The summed E-state index contributed by atoms with van der Waals surface area (Å²) in [6, 6.07) is 13.6. The molecule has 1 N–H and O–H groups in total. The van der Waals surface area contributed by atoms with Crippen LogP contribution >= 0.6 is 21.7 Å². The Labute approximate surface area is 199 Å². The summed E-state index contributed by atoms with van der Waals surface area (Å²) in [6.45, 7) is 4.37. The van der Waals surface area contributed by atoms with Crippen molar-refractivity contribution < 1.29 is 19.2 Å². The highest BCUT2D eigenvalue weighted by Crippen LogP contribution is 2.31. The van der Waals surface area contributed by atoms with E-state index in [4.69, 9.17) is 20.2 Å². The lowest BCUT2D eigenvalue weighted by Gasteiger charge is -2.21. The Hall–Kier alpha value is -3.30. The highest BCUT2D eigenvalue weighted by Gasteiger charge is 2.23. The minimum Gasteiger partial charge on any atom is -0.497 e. The van der Waals surface area contributed by atoms with E-state index in [1.165, 1.54) is 12.3 Å². The van der Waals surface area contributed by atoms with Gasteiger partial charge in [-0.15, -0.1) is 0 Å². The van der Waals surface area contributed by atoms with Crippen LogP contribution in [0.4, 0.5) is 5.69 Å². The smallest absolute Gasteiger partial charge is 0.303 e. The second kappa shape index (κ2) is 11.0. The lowest BCUT2D eigenvalue weighted by atomic mass is 9.96. The molecule has 0 bridgehead atoms. The van der Waals surface area contributed by atoms with Gasteiger partial charge < -0.3 is 14.8 Å². The summed E-state index contributed by atoms with van der Waals surface area (Å²) in [4.78, 5) is 27.8. The highest BCUT2D eigenvalue weighted by molar-refractivity contribution is 8.21. The number of nitrogens with one attached hydrogen (secondary N) is 1. The number of methoxy groups -OCH3 is 1. The van der Waals surface area contributed by atoms with Gasteiger partial charge in [-0.25, -0.2) is 4.98 Å². The van der Waals surface area contributed by atoms with E-state index in [0.29, 0.717) is 29.1 Å². The van der Waals surface area contributed by atoms with Gasteiger partial charge in [0, 0.05) is 23.2 Å². The normalized spacial score (nSPS) is 11.5. The Morgan fingerprint density at radius 3 is 2.52 bits per heavy atom. The van der Waals surface area contributed by atoms with Crippen molar-refractivity contribution in [1.82, 2.24) is 10.3 Å². The van der Waals surface area contributed by atoms with Crippen molar-refractivity contribution in [3.05, 3.63) is 87.1 Å². The zero-order valence-corrected chi connectivity index (χ0v) is 19.8. The van der Waals surface area contributed by atoms with Crippen LogP contribution in [0.1, 0.15) is 40.0 Å². The Kier molecular flexibility index (Phi) is 8.13. The minimum atomic E-state index is -0.621. The lowest BCUT2D eigenvalue weighted by Crippen LogP contribution is -2.29. The maximum Gasteiger partial charge on any atom is 0.303 e. The van der Waals surface area contributed by atoms with Crippen LogP contribution in [-0.2, 0) is 0 Å². The number of aromatic nitrogens is 1. The molecule has 8 nitrogen and oxygen atoms in total. The number of ether oxygens (including phenoxy) is 2. The third-order valence-corrected chi connectivity index (χ3v) is 5.71. The van der Waals surface area contributed by atoms with E-state index in [2.05, 4.69) is 10.3 Å². The van der Waals surface area contributed by atoms with Crippen LogP contribution in [0.3, 0.4) is 0 Å². The van der Waals surface area contributed by atoms with Crippen molar-refractivity contribution >= 4 is 33.3 Å². The number of rotatable bonds is 9. The number of halogens is 1. The molecule has 0 aliphatic heterocycles. The van der Waals surface area contributed by atoms with E-state index in [-0.39, 0.29) is 16.3 Å². The lowest BCUT2D eigenvalue weighted by molar-refractivity contribution is -0.388. The molecule has 0 saturated heterocycles. The van der Waals surface area contributed by atoms with E-state index in [9.17, 15) is 14.9 Å². The summed E-state index contributed by atoms with van der Waals surface area (Å²) in [5.41, 5.74) is 2.26. The number of hydrogen-bond donors (Lipinski definition) is 1. The van der Waals surface area contributed by atoms with E-state index < -0.39 is 16.9 Å².